The summed E-state index contributed by atoms with van der Waals surface area (Å²) in [5, 5.41) is 1.66. The molecule has 1 heterocycles. The Morgan fingerprint density at radius 3 is 1.61 bits per heavy atom. The number of fused-ring (bicyclic) bond motifs is 3. The summed E-state index contributed by atoms with van der Waals surface area (Å²) in [5.74, 6) is -2.77. The first-order valence-corrected chi connectivity index (χ1v) is 13.6. The van der Waals surface area contributed by atoms with Crippen LogP contribution in [0.15, 0.2) is 126 Å². The van der Waals surface area contributed by atoms with Gasteiger partial charge in [-0.05, 0) is 82.9 Å². The average molecular weight is 585 g/mol. The van der Waals surface area contributed by atoms with Crippen molar-refractivity contribution in [2.45, 2.75) is 0 Å². The standard InChI is InChI=1S/C37H20F4N2O/c1-42-30-11-12-33-34-9-4-10-35(37(34)44-36(33)21-30)43(31-7-2-5-22(17-31)24-13-26(38)19-27(39)14-24)32-8-3-6-23(18-32)25-15-28(40)20-29(41)16-25/h2-21H. The molecule has 0 N–H and O–H groups in total. The van der Waals surface area contributed by atoms with E-state index in [0.717, 1.165) is 22.9 Å². The number of nitrogens with zero attached hydrogens (tertiary/aromatic N) is 2. The van der Waals surface area contributed by atoms with Gasteiger partial charge < -0.3 is 9.32 Å². The SMILES string of the molecule is [C-]#[N+]c1ccc2c(c1)oc1c(N(c3cccc(-c4cc(F)cc(F)c4)c3)c3cccc(-c4cc(F)cc(F)c4)c3)cccc12. The molecule has 0 saturated heterocycles. The zero-order valence-corrected chi connectivity index (χ0v) is 22.9. The number of rotatable bonds is 5. The molecule has 7 rings (SSSR count). The second-order valence-corrected chi connectivity index (χ2v) is 10.3. The van der Waals surface area contributed by atoms with E-state index in [1.165, 1.54) is 24.3 Å². The van der Waals surface area contributed by atoms with Crippen LogP contribution in [0, 0.1) is 29.8 Å². The summed E-state index contributed by atoms with van der Waals surface area (Å²) in [6.45, 7) is 7.40. The summed E-state index contributed by atoms with van der Waals surface area (Å²) in [6.07, 6.45) is 0. The number of hydrogen-bond acceptors (Lipinski definition) is 2. The quantitative estimate of drug-likeness (QED) is 0.148. The first-order chi connectivity index (χ1) is 21.4. The molecule has 0 unspecified atom stereocenters. The maximum atomic E-state index is 14.2. The molecule has 0 saturated carbocycles. The van der Waals surface area contributed by atoms with Crippen molar-refractivity contribution in [2.24, 2.45) is 0 Å². The summed E-state index contributed by atoms with van der Waals surface area (Å²) in [6, 6.07) is 32.1. The number of benzene rings is 6. The van der Waals surface area contributed by atoms with Crippen LogP contribution >= 0.6 is 0 Å². The van der Waals surface area contributed by atoms with Crippen molar-refractivity contribution < 1.29 is 22.0 Å². The van der Waals surface area contributed by atoms with Crippen LogP contribution in [0.3, 0.4) is 0 Å². The van der Waals surface area contributed by atoms with Crippen molar-refractivity contribution >= 4 is 44.7 Å². The van der Waals surface area contributed by atoms with Crippen LogP contribution < -0.4 is 4.90 Å². The highest BCUT2D eigenvalue weighted by Crippen LogP contribution is 2.44. The molecule has 44 heavy (non-hydrogen) atoms. The van der Waals surface area contributed by atoms with Crippen molar-refractivity contribution in [2.75, 3.05) is 4.90 Å². The molecular formula is C37H20F4N2O. The zero-order chi connectivity index (χ0) is 30.4. The van der Waals surface area contributed by atoms with E-state index in [1.54, 1.807) is 48.5 Å². The van der Waals surface area contributed by atoms with Crippen LogP contribution in [-0.2, 0) is 0 Å². The largest absolute Gasteiger partial charge is 0.455 e. The molecule has 7 heteroatoms. The summed E-state index contributed by atoms with van der Waals surface area (Å²) in [7, 11) is 0. The number of halogens is 4. The second kappa shape index (κ2) is 10.8. The van der Waals surface area contributed by atoms with Gasteiger partial charge in [0.1, 0.15) is 28.9 Å². The van der Waals surface area contributed by atoms with Crippen molar-refractivity contribution in [3.63, 3.8) is 0 Å². The third-order valence-corrected chi connectivity index (χ3v) is 7.43. The maximum Gasteiger partial charge on any atom is 0.190 e. The van der Waals surface area contributed by atoms with Gasteiger partial charge in [-0.15, -0.1) is 0 Å². The molecule has 0 spiro atoms. The highest BCUT2D eigenvalue weighted by molar-refractivity contribution is 6.11. The smallest absolute Gasteiger partial charge is 0.190 e. The highest BCUT2D eigenvalue weighted by atomic mass is 19.1. The van der Waals surface area contributed by atoms with E-state index in [2.05, 4.69) is 4.85 Å². The third-order valence-electron chi connectivity index (χ3n) is 7.43. The first-order valence-electron chi connectivity index (χ1n) is 13.6. The Labute approximate surface area is 249 Å². The lowest BCUT2D eigenvalue weighted by molar-refractivity contribution is 0.583. The van der Waals surface area contributed by atoms with E-state index in [0.29, 0.717) is 56.2 Å². The Morgan fingerprint density at radius 1 is 0.523 bits per heavy atom. The van der Waals surface area contributed by atoms with Crippen molar-refractivity contribution in [1.82, 2.24) is 0 Å². The monoisotopic (exact) mass is 584 g/mol. The summed E-state index contributed by atoms with van der Waals surface area (Å²) in [4.78, 5) is 5.43. The lowest BCUT2D eigenvalue weighted by atomic mass is 10.0. The van der Waals surface area contributed by atoms with E-state index in [9.17, 15) is 17.6 Å². The van der Waals surface area contributed by atoms with Gasteiger partial charge in [0.25, 0.3) is 0 Å². The average Bonchev–Trinajstić information content (AvgIpc) is 3.39. The fraction of sp³-hybridized carbons (Fsp3) is 0. The maximum absolute atomic E-state index is 14.2. The van der Waals surface area contributed by atoms with E-state index < -0.39 is 23.3 Å². The minimum atomic E-state index is -0.692. The molecular weight excluding hydrogens is 564 g/mol. The minimum Gasteiger partial charge on any atom is -0.455 e. The fourth-order valence-corrected chi connectivity index (χ4v) is 5.54. The fourth-order valence-electron chi connectivity index (χ4n) is 5.54. The van der Waals surface area contributed by atoms with Gasteiger partial charge in [-0.3, -0.25) is 0 Å². The second-order valence-electron chi connectivity index (χ2n) is 10.3. The summed E-state index contributed by atoms with van der Waals surface area (Å²) in [5.41, 5.74) is 5.36. The number of para-hydroxylation sites is 1. The van der Waals surface area contributed by atoms with E-state index in [4.69, 9.17) is 11.0 Å². The molecule has 0 bridgehead atoms. The Morgan fingerprint density at radius 2 is 1.07 bits per heavy atom. The predicted molar refractivity (Wildman–Crippen MR) is 165 cm³/mol. The highest BCUT2D eigenvalue weighted by Gasteiger charge is 2.21. The van der Waals surface area contributed by atoms with Gasteiger partial charge in [-0.1, -0.05) is 48.5 Å². The third kappa shape index (κ3) is 4.93. The molecule has 212 valence electrons. The van der Waals surface area contributed by atoms with Crippen LogP contribution in [0.4, 0.5) is 40.3 Å². The molecule has 0 fully saturated rings. The molecule has 3 nitrogen and oxygen atoms in total. The Hall–Kier alpha value is -5.87. The van der Waals surface area contributed by atoms with E-state index in [-0.39, 0.29) is 0 Å². The molecule has 0 amide bonds. The topological polar surface area (TPSA) is 20.7 Å². The molecule has 0 aliphatic carbocycles. The summed E-state index contributed by atoms with van der Waals surface area (Å²) >= 11 is 0. The van der Waals surface area contributed by atoms with Crippen molar-refractivity contribution in [1.29, 1.82) is 0 Å². The molecule has 0 aliphatic heterocycles. The van der Waals surface area contributed by atoms with Gasteiger partial charge in [0.15, 0.2) is 11.3 Å². The number of furan rings is 1. The molecule has 0 aliphatic rings. The Balaban J connectivity index is 1.47. The van der Waals surface area contributed by atoms with Crippen molar-refractivity contribution in [3.05, 3.63) is 156 Å². The zero-order valence-electron chi connectivity index (χ0n) is 22.9. The van der Waals surface area contributed by atoms with Gasteiger partial charge in [0.05, 0.1) is 12.3 Å². The Bertz CT molecular complexity index is 2130. The normalized spacial score (nSPS) is 11.2. The van der Waals surface area contributed by atoms with Crippen LogP contribution in [-0.4, -0.2) is 0 Å². The Kier molecular flexibility index (Phi) is 6.60. The molecule has 0 atom stereocenters. The molecule has 1 aromatic heterocycles. The van der Waals surface area contributed by atoms with Gasteiger partial charge in [-0.25, -0.2) is 22.4 Å². The van der Waals surface area contributed by atoms with Crippen molar-refractivity contribution in [3.8, 4) is 22.3 Å². The van der Waals surface area contributed by atoms with Crippen LogP contribution in [0.1, 0.15) is 0 Å². The van der Waals surface area contributed by atoms with Gasteiger partial charge in [0, 0.05) is 34.3 Å². The lowest BCUT2D eigenvalue weighted by Crippen LogP contribution is -2.10. The van der Waals surface area contributed by atoms with Gasteiger partial charge in [0.2, 0.25) is 0 Å². The van der Waals surface area contributed by atoms with E-state index >= 15 is 0 Å². The molecule has 0 radical (unpaired) electrons. The number of hydrogen-bond donors (Lipinski definition) is 0. The summed E-state index contributed by atoms with van der Waals surface area (Å²) < 4.78 is 63.0. The number of anilines is 3. The van der Waals surface area contributed by atoms with Gasteiger partial charge in [-0.2, -0.15) is 0 Å². The van der Waals surface area contributed by atoms with E-state index in [1.807, 2.05) is 41.3 Å². The first kappa shape index (κ1) is 27.0. The molecule has 7 aromatic rings. The minimum absolute atomic E-state index is 0.363. The van der Waals surface area contributed by atoms with Crippen LogP contribution in [0.2, 0.25) is 0 Å². The lowest BCUT2D eigenvalue weighted by Gasteiger charge is -2.26. The molecule has 6 aromatic carbocycles. The predicted octanol–water partition coefficient (Wildman–Crippen LogP) is 11.5. The van der Waals surface area contributed by atoms with Crippen LogP contribution in [0.5, 0.6) is 0 Å². The van der Waals surface area contributed by atoms with Crippen LogP contribution in [0.25, 0.3) is 49.0 Å². The van der Waals surface area contributed by atoms with Gasteiger partial charge >= 0.3 is 0 Å².